The lowest BCUT2D eigenvalue weighted by atomic mass is 10.3. The first kappa shape index (κ1) is 12.1. The summed E-state index contributed by atoms with van der Waals surface area (Å²) in [5, 5.41) is 5.11. The number of carbonyl (C=O) groups excluding carboxylic acids is 1. The molecule has 0 atom stereocenters. The van der Waals surface area contributed by atoms with E-state index in [4.69, 9.17) is 0 Å². The molecule has 2 aromatic rings. The molecule has 18 heavy (non-hydrogen) atoms. The summed E-state index contributed by atoms with van der Waals surface area (Å²) < 4.78 is 0. The summed E-state index contributed by atoms with van der Waals surface area (Å²) in [6.45, 7) is 2.61. The smallest absolute Gasteiger partial charge is 0.321 e. The maximum Gasteiger partial charge on any atom is 0.321 e. The van der Waals surface area contributed by atoms with Crippen molar-refractivity contribution in [3.8, 4) is 0 Å². The molecular formula is C10H14N6O2. The molecular weight excluding hydrogens is 236 g/mol. The largest absolute Gasteiger partial charge is 0.339 e. The predicted molar refractivity (Wildman–Crippen MR) is 66.4 cm³/mol. The van der Waals surface area contributed by atoms with Crippen LogP contribution in [-0.4, -0.2) is 32.5 Å². The number of hydrogen-bond donors (Lipinski definition) is 4. The Morgan fingerprint density at radius 3 is 3.11 bits per heavy atom. The van der Waals surface area contributed by atoms with Gasteiger partial charge < -0.3 is 10.3 Å². The highest BCUT2D eigenvalue weighted by molar-refractivity contribution is 5.88. The summed E-state index contributed by atoms with van der Waals surface area (Å²) in [5.74, 6) is 0.0774. The van der Waals surface area contributed by atoms with E-state index in [0.717, 1.165) is 12.8 Å². The highest BCUT2D eigenvalue weighted by Gasteiger charge is 2.07. The summed E-state index contributed by atoms with van der Waals surface area (Å²) in [6, 6.07) is -0.401. The van der Waals surface area contributed by atoms with E-state index in [-0.39, 0.29) is 22.7 Å². The van der Waals surface area contributed by atoms with Gasteiger partial charge in [0.1, 0.15) is 0 Å². The van der Waals surface area contributed by atoms with Crippen LogP contribution in [0.25, 0.3) is 11.2 Å². The zero-order valence-corrected chi connectivity index (χ0v) is 9.91. The number of urea groups is 1. The highest BCUT2D eigenvalue weighted by atomic mass is 16.2. The molecule has 0 unspecified atom stereocenters. The Bertz CT molecular complexity index is 602. The third-order valence-corrected chi connectivity index (χ3v) is 2.34. The number of H-pyrrole nitrogens is 2. The summed E-state index contributed by atoms with van der Waals surface area (Å²) in [7, 11) is 0. The van der Waals surface area contributed by atoms with Crippen LogP contribution in [0, 0.1) is 0 Å². The van der Waals surface area contributed by atoms with E-state index in [1.54, 1.807) is 0 Å². The van der Waals surface area contributed by atoms with Crippen molar-refractivity contribution < 1.29 is 4.79 Å². The Hall–Kier alpha value is -2.38. The number of anilines is 1. The third kappa shape index (κ3) is 2.65. The van der Waals surface area contributed by atoms with Gasteiger partial charge in [-0.3, -0.25) is 15.1 Å². The first-order chi connectivity index (χ1) is 8.70. The van der Waals surface area contributed by atoms with Gasteiger partial charge in [0.05, 0.1) is 6.33 Å². The minimum Gasteiger partial charge on any atom is -0.339 e. The molecule has 0 aliphatic heterocycles. The van der Waals surface area contributed by atoms with Crippen LogP contribution in [0.15, 0.2) is 11.1 Å². The normalized spacial score (nSPS) is 10.5. The van der Waals surface area contributed by atoms with Crippen molar-refractivity contribution in [1.82, 2.24) is 25.3 Å². The Kier molecular flexibility index (Phi) is 3.56. The number of carbonyl (C=O) groups is 1. The second-order valence-electron chi connectivity index (χ2n) is 3.75. The maximum absolute atomic E-state index is 11.6. The Morgan fingerprint density at radius 1 is 1.50 bits per heavy atom. The van der Waals surface area contributed by atoms with Gasteiger partial charge in [0.15, 0.2) is 11.2 Å². The van der Waals surface area contributed by atoms with Crippen molar-refractivity contribution in [3.63, 3.8) is 0 Å². The molecule has 96 valence electrons. The van der Waals surface area contributed by atoms with Gasteiger partial charge in [-0.15, -0.1) is 0 Å². The van der Waals surface area contributed by atoms with E-state index in [0.29, 0.717) is 6.54 Å². The molecule has 8 nitrogen and oxygen atoms in total. The molecule has 0 radical (unpaired) electrons. The van der Waals surface area contributed by atoms with Crippen LogP contribution in [-0.2, 0) is 0 Å². The molecule has 0 aromatic carbocycles. The van der Waals surface area contributed by atoms with Crippen LogP contribution < -0.4 is 16.2 Å². The summed E-state index contributed by atoms with van der Waals surface area (Å²) >= 11 is 0. The molecule has 0 spiro atoms. The molecule has 2 aromatic heterocycles. The number of hydrogen-bond acceptors (Lipinski definition) is 4. The van der Waals surface area contributed by atoms with Gasteiger partial charge in [-0.1, -0.05) is 13.3 Å². The molecule has 4 N–H and O–H groups in total. The number of fused-ring (bicyclic) bond motifs is 1. The molecule has 2 rings (SSSR count). The van der Waals surface area contributed by atoms with Crippen LogP contribution >= 0.6 is 0 Å². The average Bonchev–Trinajstić information content (AvgIpc) is 2.78. The molecule has 0 saturated carbocycles. The molecule has 0 aliphatic rings. The minimum absolute atomic E-state index is 0.0774. The van der Waals surface area contributed by atoms with Gasteiger partial charge in [0.2, 0.25) is 5.95 Å². The van der Waals surface area contributed by atoms with Gasteiger partial charge in [-0.2, -0.15) is 4.98 Å². The lowest BCUT2D eigenvalue weighted by Gasteiger charge is -2.05. The van der Waals surface area contributed by atoms with Crippen LogP contribution in [0.3, 0.4) is 0 Å². The maximum atomic E-state index is 11.6. The van der Waals surface area contributed by atoms with Gasteiger partial charge in [-0.05, 0) is 6.42 Å². The number of amides is 2. The van der Waals surface area contributed by atoms with Crippen LogP contribution in [0.4, 0.5) is 10.7 Å². The van der Waals surface area contributed by atoms with Crippen molar-refractivity contribution in [1.29, 1.82) is 0 Å². The predicted octanol–water partition coefficient (Wildman–Crippen LogP) is 0.568. The number of aromatic nitrogens is 4. The van der Waals surface area contributed by atoms with Crippen LogP contribution in [0.5, 0.6) is 0 Å². The van der Waals surface area contributed by atoms with E-state index in [9.17, 15) is 9.59 Å². The summed E-state index contributed by atoms with van der Waals surface area (Å²) in [6.07, 6.45) is 3.27. The number of rotatable bonds is 4. The standard InChI is InChI=1S/C10H14N6O2/c1-2-3-4-11-10(18)16-9-14-7-6(8(17)15-9)12-5-13-7/h5H,2-4H2,1H3,(H4,11,12,13,14,15,16,17,18). The molecule has 0 fully saturated rings. The van der Waals surface area contributed by atoms with Crippen molar-refractivity contribution in [2.75, 3.05) is 11.9 Å². The second-order valence-corrected chi connectivity index (χ2v) is 3.75. The minimum atomic E-state index is -0.401. The second kappa shape index (κ2) is 5.30. The molecule has 0 aliphatic carbocycles. The van der Waals surface area contributed by atoms with Gasteiger partial charge in [0, 0.05) is 6.54 Å². The number of unbranched alkanes of at least 4 members (excludes halogenated alkanes) is 1. The van der Waals surface area contributed by atoms with Gasteiger partial charge >= 0.3 is 6.03 Å². The first-order valence-corrected chi connectivity index (χ1v) is 5.69. The zero-order valence-electron chi connectivity index (χ0n) is 9.91. The van der Waals surface area contributed by atoms with E-state index >= 15 is 0 Å². The number of aromatic amines is 2. The van der Waals surface area contributed by atoms with E-state index in [1.165, 1.54) is 6.33 Å². The Balaban J connectivity index is 2.07. The lowest BCUT2D eigenvalue weighted by molar-refractivity contribution is 0.252. The fraction of sp³-hybridized carbons (Fsp3) is 0.400. The number of nitrogens with zero attached hydrogens (tertiary/aromatic N) is 2. The van der Waals surface area contributed by atoms with Crippen molar-refractivity contribution in [2.45, 2.75) is 19.8 Å². The molecule has 2 heterocycles. The topological polar surface area (TPSA) is 116 Å². The fourth-order valence-electron chi connectivity index (χ4n) is 1.43. The number of nitrogens with one attached hydrogen (secondary N) is 4. The molecule has 8 heteroatoms. The zero-order chi connectivity index (χ0) is 13.0. The van der Waals surface area contributed by atoms with Crippen LogP contribution in [0.1, 0.15) is 19.8 Å². The van der Waals surface area contributed by atoms with Crippen molar-refractivity contribution in [2.24, 2.45) is 0 Å². The van der Waals surface area contributed by atoms with Crippen molar-refractivity contribution in [3.05, 3.63) is 16.7 Å². The summed E-state index contributed by atoms with van der Waals surface area (Å²) in [5.41, 5.74) is 0.177. The molecule has 0 saturated heterocycles. The molecule has 0 bridgehead atoms. The quantitative estimate of drug-likeness (QED) is 0.593. The lowest BCUT2D eigenvalue weighted by Crippen LogP contribution is -2.31. The van der Waals surface area contributed by atoms with E-state index in [1.807, 2.05) is 6.92 Å². The Morgan fingerprint density at radius 2 is 2.33 bits per heavy atom. The van der Waals surface area contributed by atoms with Crippen LogP contribution in [0.2, 0.25) is 0 Å². The van der Waals surface area contributed by atoms with E-state index < -0.39 is 6.03 Å². The average molecular weight is 250 g/mol. The number of imidazole rings is 1. The monoisotopic (exact) mass is 250 g/mol. The van der Waals surface area contributed by atoms with Crippen molar-refractivity contribution >= 4 is 23.1 Å². The van der Waals surface area contributed by atoms with Gasteiger partial charge in [-0.25, -0.2) is 9.78 Å². The first-order valence-electron chi connectivity index (χ1n) is 5.69. The van der Waals surface area contributed by atoms with Gasteiger partial charge in [0.25, 0.3) is 5.56 Å². The summed E-state index contributed by atoms with van der Waals surface area (Å²) in [4.78, 5) is 36.0. The highest BCUT2D eigenvalue weighted by Crippen LogP contribution is 2.02. The molecule has 2 amide bonds. The SMILES string of the molecule is CCCCNC(=O)Nc1nc2nc[nH]c2c(=O)[nH]1. The third-order valence-electron chi connectivity index (χ3n) is 2.34. The fourth-order valence-corrected chi connectivity index (χ4v) is 1.43. The van der Waals surface area contributed by atoms with E-state index in [2.05, 4.69) is 30.6 Å². The Labute approximate surface area is 102 Å².